The zero-order chi connectivity index (χ0) is 11.7. The van der Waals surface area contributed by atoms with Crippen molar-refractivity contribution in [2.45, 2.75) is 0 Å². The summed E-state index contributed by atoms with van der Waals surface area (Å²) in [5.74, 6) is -11.8. The van der Waals surface area contributed by atoms with Crippen LogP contribution in [-0.2, 0) is 4.74 Å². The van der Waals surface area contributed by atoms with Crippen molar-refractivity contribution >= 4 is 5.90 Å². The first-order valence-corrected chi connectivity index (χ1v) is 3.56. The fourth-order valence-electron chi connectivity index (χ4n) is 0.906. The second-order valence-electron chi connectivity index (χ2n) is 2.48. The summed E-state index contributed by atoms with van der Waals surface area (Å²) in [5, 5.41) is 6.87. The first kappa shape index (κ1) is 11.4. The highest BCUT2D eigenvalue weighted by Crippen LogP contribution is 2.23. The van der Waals surface area contributed by atoms with Gasteiger partial charge in [-0.2, -0.15) is 0 Å². The molecule has 0 aliphatic heterocycles. The van der Waals surface area contributed by atoms with Crippen molar-refractivity contribution in [1.82, 2.24) is 0 Å². The lowest BCUT2D eigenvalue weighted by molar-refractivity contribution is 0.361. The highest BCUT2D eigenvalue weighted by Gasteiger charge is 2.28. The topological polar surface area (TPSA) is 33.1 Å². The number of hydrogen-bond donors (Lipinski definition) is 1. The minimum atomic E-state index is -2.27. The molecule has 0 aliphatic rings. The molecule has 0 spiro atoms. The van der Waals surface area contributed by atoms with E-state index in [4.69, 9.17) is 5.41 Å². The smallest absolute Gasteiger partial charge is 0.219 e. The van der Waals surface area contributed by atoms with Gasteiger partial charge in [0.15, 0.2) is 23.3 Å². The van der Waals surface area contributed by atoms with E-state index in [1.165, 1.54) is 0 Å². The van der Waals surface area contributed by atoms with Crippen molar-refractivity contribution < 1.29 is 26.7 Å². The van der Waals surface area contributed by atoms with Crippen molar-refractivity contribution in [2.24, 2.45) is 0 Å². The summed E-state index contributed by atoms with van der Waals surface area (Å²) in [5.41, 5.74) is -1.38. The molecule has 7 heteroatoms. The molecule has 0 amide bonds. The average Bonchev–Trinajstić information content (AvgIpc) is 2.23. The molecule has 1 aromatic rings. The number of nitrogens with one attached hydrogen (secondary N) is 1. The Balaban J connectivity index is 3.60. The van der Waals surface area contributed by atoms with Crippen LogP contribution in [-0.4, -0.2) is 13.0 Å². The van der Waals surface area contributed by atoms with Crippen molar-refractivity contribution in [1.29, 1.82) is 5.41 Å². The zero-order valence-electron chi connectivity index (χ0n) is 7.30. The van der Waals surface area contributed by atoms with E-state index in [0.717, 1.165) is 7.11 Å². The van der Waals surface area contributed by atoms with Gasteiger partial charge in [-0.3, -0.25) is 5.41 Å². The first-order valence-electron chi connectivity index (χ1n) is 3.56. The van der Waals surface area contributed by atoms with Crippen LogP contribution in [0.5, 0.6) is 0 Å². The fourth-order valence-corrected chi connectivity index (χ4v) is 0.906. The summed E-state index contributed by atoms with van der Waals surface area (Å²) >= 11 is 0. The molecule has 0 heterocycles. The van der Waals surface area contributed by atoms with Gasteiger partial charge in [-0.05, 0) is 0 Å². The van der Waals surface area contributed by atoms with Crippen molar-refractivity contribution in [3.8, 4) is 0 Å². The normalized spacial score (nSPS) is 10.3. The third kappa shape index (κ3) is 1.64. The maximum absolute atomic E-state index is 12.9. The number of rotatable bonds is 1. The van der Waals surface area contributed by atoms with Gasteiger partial charge in [-0.1, -0.05) is 0 Å². The van der Waals surface area contributed by atoms with Gasteiger partial charge in [0, 0.05) is 0 Å². The summed E-state index contributed by atoms with van der Waals surface area (Å²) in [6.07, 6.45) is 0. The molecule has 1 aromatic carbocycles. The number of benzene rings is 1. The highest BCUT2D eigenvalue weighted by atomic mass is 19.2. The summed E-state index contributed by atoms with van der Waals surface area (Å²) in [6, 6.07) is 0. The van der Waals surface area contributed by atoms with Crippen LogP contribution < -0.4 is 0 Å². The van der Waals surface area contributed by atoms with E-state index in [-0.39, 0.29) is 0 Å². The second kappa shape index (κ2) is 3.84. The third-order valence-corrected chi connectivity index (χ3v) is 1.64. The molecule has 0 bridgehead atoms. The second-order valence-corrected chi connectivity index (χ2v) is 2.48. The molecule has 2 nitrogen and oxygen atoms in total. The van der Waals surface area contributed by atoms with Crippen LogP contribution in [0.4, 0.5) is 22.0 Å². The number of halogens is 5. The number of ether oxygens (including phenoxy) is 1. The molecule has 1 N–H and O–H groups in total. The Bertz CT molecular complexity index is 403. The maximum atomic E-state index is 12.9. The van der Waals surface area contributed by atoms with Gasteiger partial charge >= 0.3 is 0 Å². The summed E-state index contributed by atoms with van der Waals surface area (Å²) in [6.45, 7) is 0. The van der Waals surface area contributed by atoms with Gasteiger partial charge in [0.1, 0.15) is 5.56 Å². The molecule has 0 aromatic heterocycles. The van der Waals surface area contributed by atoms with Crippen LogP contribution in [0.3, 0.4) is 0 Å². The molecular formula is C8H4F5NO. The van der Waals surface area contributed by atoms with Gasteiger partial charge in [0.2, 0.25) is 11.7 Å². The van der Waals surface area contributed by atoms with Crippen molar-refractivity contribution in [2.75, 3.05) is 7.11 Å². The van der Waals surface area contributed by atoms with E-state index in [0.29, 0.717) is 0 Å². The lowest BCUT2D eigenvalue weighted by Crippen LogP contribution is -2.13. The Kier molecular flexibility index (Phi) is 2.92. The predicted octanol–water partition coefficient (Wildman–Crippen LogP) is 2.35. The third-order valence-electron chi connectivity index (χ3n) is 1.64. The Labute approximate surface area is 80.8 Å². The molecule has 82 valence electrons. The Hall–Kier alpha value is -1.66. The number of methoxy groups -OCH3 is 1. The Morgan fingerprint density at radius 1 is 0.867 bits per heavy atom. The molecule has 1 rings (SSSR count). The average molecular weight is 225 g/mol. The van der Waals surface area contributed by atoms with Crippen molar-refractivity contribution in [3.63, 3.8) is 0 Å². The summed E-state index contributed by atoms with van der Waals surface area (Å²) in [7, 11) is 0.875. The van der Waals surface area contributed by atoms with E-state index in [1.807, 2.05) is 0 Å². The number of hydrogen-bond acceptors (Lipinski definition) is 2. The molecule has 0 saturated carbocycles. The molecule has 0 saturated heterocycles. The van der Waals surface area contributed by atoms with Crippen LogP contribution in [0.1, 0.15) is 5.56 Å². The van der Waals surface area contributed by atoms with Crippen LogP contribution in [0.2, 0.25) is 0 Å². The van der Waals surface area contributed by atoms with E-state index < -0.39 is 40.5 Å². The monoisotopic (exact) mass is 225 g/mol. The minimum Gasteiger partial charge on any atom is -0.481 e. The Morgan fingerprint density at radius 3 is 1.53 bits per heavy atom. The lowest BCUT2D eigenvalue weighted by Gasteiger charge is -2.07. The van der Waals surface area contributed by atoms with Crippen LogP contribution in [0, 0.1) is 34.5 Å². The SMILES string of the molecule is COC(=N)c1c(F)c(F)c(F)c(F)c1F. The quantitative estimate of drug-likeness (QED) is 0.257. The molecule has 0 unspecified atom stereocenters. The molecule has 0 fully saturated rings. The Morgan fingerprint density at radius 2 is 1.20 bits per heavy atom. The van der Waals surface area contributed by atoms with Crippen LogP contribution >= 0.6 is 0 Å². The molecular weight excluding hydrogens is 221 g/mol. The van der Waals surface area contributed by atoms with Gasteiger partial charge in [-0.25, -0.2) is 22.0 Å². The van der Waals surface area contributed by atoms with E-state index >= 15 is 0 Å². The van der Waals surface area contributed by atoms with Gasteiger partial charge in [-0.15, -0.1) is 0 Å². The summed E-state index contributed by atoms with van der Waals surface area (Å²) < 4.78 is 67.6. The minimum absolute atomic E-state index is 0.875. The van der Waals surface area contributed by atoms with Crippen LogP contribution in [0.15, 0.2) is 0 Å². The summed E-state index contributed by atoms with van der Waals surface area (Å²) in [4.78, 5) is 0. The zero-order valence-corrected chi connectivity index (χ0v) is 7.30. The van der Waals surface area contributed by atoms with E-state index in [1.54, 1.807) is 0 Å². The van der Waals surface area contributed by atoms with Gasteiger partial charge in [0.05, 0.1) is 7.11 Å². The molecule has 0 atom stereocenters. The van der Waals surface area contributed by atoms with Gasteiger partial charge < -0.3 is 4.74 Å². The van der Waals surface area contributed by atoms with E-state index in [2.05, 4.69) is 4.74 Å². The molecule has 0 aliphatic carbocycles. The fraction of sp³-hybridized carbons (Fsp3) is 0.125. The van der Waals surface area contributed by atoms with E-state index in [9.17, 15) is 22.0 Å². The molecule has 0 radical (unpaired) electrons. The van der Waals surface area contributed by atoms with Crippen LogP contribution in [0.25, 0.3) is 0 Å². The largest absolute Gasteiger partial charge is 0.481 e. The molecule has 15 heavy (non-hydrogen) atoms. The predicted molar refractivity (Wildman–Crippen MR) is 40.1 cm³/mol. The first-order chi connectivity index (χ1) is 6.91. The maximum Gasteiger partial charge on any atom is 0.219 e. The highest BCUT2D eigenvalue weighted by molar-refractivity contribution is 5.92. The lowest BCUT2D eigenvalue weighted by atomic mass is 10.1. The standard InChI is InChI=1S/C8H4F5NO/c1-15-8(14)2-3(9)5(11)7(13)6(12)4(2)10/h14H,1H3. The van der Waals surface area contributed by atoms with Crippen molar-refractivity contribution in [3.05, 3.63) is 34.6 Å². The van der Waals surface area contributed by atoms with Gasteiger partial charge in [0.25, 0.3) is 0 Å².